The molecule has 2 bridgehead atoms. The van der Waals surface area contributed by atoms with Gasteiger partial charge in [-0.1, -0.05) is 12.2 Å². The van der Waals surface area contributed by atoms with E-state index in [1.807, 2.05) is 19.9 Å². The average Bonchev–Trinajstić information content (AvgIpc) is 3.22. The summed E-state index contributed by atoms with van der Waals surface area (Å²) in [5.41, 5.74) is 2.00. The molecule has 1 amide bonds. The Hall–Kier alpha value is -1.91. The molecule has 0 spiro atoms. The molecule has 0 aromatic carbocycles. The molecule has 1 aromatic rings. The molecule has 0 unspecified atom stereocenters. The third-order valence-corrected chi connectivity index (χ3v) is 6.07. The van der Waals surface area contributed by atoms with Gasteiger partial charge in [-0.2, -0.15) is 0 Å². The molecule has 0 radical (unpaired) electrons. The van der Waals surface area contributed by atoms with Crippen LogP contribution in [0, 0.1) is 37.5 Å². The van der Waals surface area contributed by atoms with Crippen LogP contribution in [0.3, 0.4) is 0 Å². The Kier molecular flexibility index (Phi) is 4.48. The SMILES string of the molecule is Cc1cc(C)nc(N2CCC(C(=O)NC[C@@H]3C[C@H]4C=C[C@H]3C4)CC2)n1. The summed E-state index contributed by atoms with van der Waals surface area (Å²) in [5.74, 6) is 3.32. The highest BCUT2D eigenvalue weighted by atomic mass is 16.1. The molecule has 1 saturated heterocycles. The number of hydrogen-bond donors (Lipinski definition) is 1. The summed E-state index contributed by atoms with van der Waals surface area (Å²) in [6.07, 6.45) is 9.04. The number of nitrogens with one attached hydrogen (secondary N) is 1. The molecule has 25 heavy (non-hydrogen) atoms. The van der Waals surface area contributed by atoms with E-state index in [2.05, 4.69) is 32.3 Å². The molecule has 1 aromatic heterocycles. The van der Waals surface area contributed by atoms with Gasteiger partial charge in [0.2, 0.25) is 11.9 Å². The van der Waals surface area contributed by atoms with Crippen molar-refractivity contribution in [3.63, 3.8) is 0 Å². The lowest BCUT2D eigenvalue weighted by Gasteiger charge is -2.32. The van der Waals surface area contributed by atoms with Crippen LogP contribution in [-0.4, -0.2) is 35.5 Å². The summed E-state index contributed by atoms with van der Waals surface area (Å²) >= 11 is 0. The van der Waals surface area contributed by atoms with Crippen LogP contribution in [0.25, 0.3) is 0 Å². The van der Waals surface area contributed by atoms with Crippen molar-refractivity contribution in [3.05, 3.63) is 29.6 Å². The minimum atomic E-state index is 0.135. The predicted molar refractivity (Wildman–Crippen MR) is 98.3 cm³/mol. The molecular formula is C20H28N4O. The van der Waals surface area contributed by atoms with E-state index in [0.717, 1.165) is 55.7 Å². The molecule has 1 N–H and O–H groups in total. The molecule has 5 nitrogen and oxygen atoms in total. The fraction of sp³-hybridized carbons (Fsp3) is 0.650. The smallest absolute Gasteiger partial charge is 0.225 e. The van der Waals surface area contributed by atoms with Crippen molar-refractivity contribution in [1.82, 2.24) is 15.3 Å². The highest BCUT2D eigenvalue weighted by molar-refractivity contribution is 5.79. The molecule has 4 rings (SSSR count). The number of allylic oxidation sites excluding steroid dienone is 2. The van der Waals surface area contributed by atoms with Gasteiger partial charge in [0, 0.05) is 36.9 Å². The van der Waals surface area contributed by atoms with Gasteiger partial charge >= 0.3 is 0 Å². The van der Waals surface area contributed by atoms with Crippen molar-refractivity contribution >= 4 is 11.9 Å². The standard InChI is InChI=1S/C20H28N4O/c1-13-9-14(2)23-20(22-13)24-7-5-16(6-8-24)19(25)21-12-18-11-15-3-4-17(18)10-15/h3-4,9,15-18H,5-8,10-12H2,1-2H3,(H,21,25)/t15-,17-,18-/m0/s1. The Balaban J connectivity index is 1.26. The summed E-state index contributed by atoms with van der Waals surface area (Å²) in [6, 6.07) is 1.99. The largest absolute Gasteiger partial charge is 0.356 e. The molecule has 1 saturated carbocycles. The fourth-order valence-corrected chi connectivity index (χ4v) is 4.70. The van der Waals surface area contributed by atoms with Crippen molar-refractivity contribution in [2.75, 3.05) is 24.5 Å². The van der Waals surface area contributed by atoms with Crippen molar-refractivity contribution in [2.45, 2.75) is 39.5 Å². The van der Waals surface area contributed by atoms with E-state index in [9.17, 15) is 4.79 Å². The topological polar surface area (TPSA) is 58.1 Å². The van der Waals surface area contributed by atoms with Crippen LogP contribution in [0.2, 0.25) is 0 Å². The number of amides is 1. The summed E-state index contributed by atoms with van der Waals surface area (Å²) in [7, 11) is 0. The predicted octanol–water partition coefficient (Wildman–Crippen LogP) is 2.64. The van der Waals surface area contributed by atoms with Gasteiger partial charge in [0.25, 0.3) is 0 Å². The van der Waals surface area contributed by atoms with Gasteiger partial charge in [0.1, 0.15) is 0 Å². The van der Waals surface area contributed by atoms with Crippen LogP contribution in [0.4, 0.5) is 5.95 Å². The Bertz CT molecular complexity index is 658. The van der Waals surface area contributed by atoms with E-state index in [0.29, 0.717) is 11.8 Å². The third-order valence-electron chi connectivity index (χ3n) is 6.07. The molecule has 5 heteroatoms. The molecule has 2 heterocycles. The van der Waals surface area contributed by atoms with Gasteiger partial charge in [0.15, 0.2) is 0 Å². The highest BCUT2D eigenvalue weighted by Gasteiger charge is 2.36. The average molecular weight is 340 g/mol. The summed E-state index contributed by atoms with van der Waals surface area (Å²) in [6.45, 7) is 6.58. The Morgan fingerprint density at radius 3 is 2.48 bits per heavy atom. The van der Waals surface area contributed by atoms with Crippen LogP contribution < -0.4 is 10.2 Å². The van der Waals surface area contributed by atoms with Crippen molar-refractivity contribution in [1.29, 1.82) is 0 Å². The van der Waals surface area contributed by atoms with Crippen molar-refractivity contribution in [2.24, 2.45) is 23.7 Å². The number of aromatic nitrogens is 2. The van der Waals surface area contributed by atoms with Crippen LogP contribution in [0.5, 0.6) is 0 Å². The van der Waals surface area contributed by atoms with Gasteiger partial charge in [-0.25, -0.2) is 9.97 Å². The van der Waals surface area contributed by atoms with Crippen molar-refractivity contribution in [3.8, 4) is 0 Å². The first-order valence-corrected chi connectivity index (χ1v) is 9.62. The van der Waals surface area contributed by atoms with E-state index >= 15 is 0 Å². The summed E-state index contributed by atoms with van der Waals surface area (Å²) < 4.78 is 0. The van der Waals surface area contributed by atoms with Crippen LogP contribution in [0.1, 0.15) is 37.1 Å². The maximum absolute atomic E-state index is 12.5. The zero-order valence-electron chi connectivity index (χ0n) is 15.2. The molecular weight excluding hydrogens is 312 g/mol. The summed E-state index contributed by atoms with van der Waals surface area (Å²) in [5, 5.41) is 3.23. The number of carbonyl (C=O) groups excluding carboxylic acids is 1. The molecule has 3 aliphatic rings. The Morgan fingerprint density at radius 1 is 1.16 bits per heavy atom. The fourth-order valence-electron chi connectivity index (χ4n) is 4.70. The van der Waals surface area contributed by atoms with Crippen molar-refractivity contribution < 1.29 is 4.79 Å². The molecule has 2 aliphatic carbocycles. The normalized spacial score (nSPS) is 28.6. The monoisotopic (exact) mass is 340 g/mol. The molecule has 3 atom stereocenters. The number of rotatable bonds is 4. The zero-order valence-corrected chi connectivity index (χ0v) is 15.2. The maximum Gasteiger partial charge on any atom is 0.225 e. The number of piperidine rings is 1. The van der Waals surface area contributed by atoms with Gasteiger partial charge in [-0.05, 0) is 63.4 Å². The second-order valence-corrected chi connectivity index (χ2v) is 8.00. The number of carbonyl (C=O) groups is 1. The van der Waals surface area contributed by atoms with E-state index < -0.39 is 0 Å². The van der Waals surface area contributed by atoms with E-state index in [4.69, 9.17) is 0 Å². The number of hydrogen-bond acceptors (Lipinski definition) is 4. The van der Waals surface area contributed by atoms with Gasteiger partial charge in [-0.3, -0.25) is 4.79 Å². The first kappa shape index (κ1) is 16.6. The number of nitrogens with zero attached hydrogens (tertiary/aromatic N) is 3. The quantitative estimate of drug-likeness (QED) is 0.856. The summed E-state index contributed by atoms with van der Waals surface area (Å²) in [4.78, 5) is 23.8. The van der Waals surface area contributed by atoms with Gasteiger partial charge < -0.3 is 10.2 Å². The van der Waals surface area contributed by atoms with Gasteiger partial charge in [0.05, 0.1) is 0 Å². The van der Waals surface area contributed by atoms with Gasteiger partial charge in [-0.15, -0.1) is 0 Å². The lowest BCUT2D eigenvalue weighted by atomic mass is 9.92. The second kappa shape index (κ2) is 6.77. The lowest BCUT2D eigenvalue weighted by molar-refractivity contribution is -0.125. The van der Waals surface area contributed by atoms with E-state index in [1.165, 1.54) is 12.8 Å². The number of aryl methyl sites for hydroxylation is 2. The molecule has 1 aliphatic heterocycles. The minimum absolute atomic E-state index is 0.135. The lowest BCUT2D eigenvalue weighted by Crippen LogP contribution is -2.42. The van der Waals surface area contributed by atoms with Crippen LogP contribution in [0.15, 0.2) is 18.2 Å². The highest BCUT2D eigenvalue weighted by Crippen LogP contribution is 2.43. The Labute approximate surface area is 149 Å². The number of fused-ring (bicyclic) bond motifs is 2. The first-order chi connectivity index (χ1) is 12.1. The van der Waals surface area contributed by atoms with E-state index in [1.54, 1.807) is 0 Å². The first-order valence-electron chi connectivity index (χ1n) is 9.62. The van der Waals surface area contributed by atoms with Crippen LogP contribution in [-0.2, 0) is 4.79 Å². The number of anilines is 1. The molecule has 134 valence electrons. The maximum atomic E-state index is 12.5. The minimum Gasteiger partial charge on any atom is -0.356 e. The zero-order chi connectivity index (χ0) is 17.4. The third kappa shape index (κ3) is 3.55. The molecule has 2 fully saturated rings. The Morgan fingerprint density at radius 2 is 1.88 bits per heavy atom. The van der Waals surface area contributed by atoms with Crippen LogP contribution >= 0.6 is 0 Å². The van der Waals surface area contributed by atoms with E-state index in [-0.39, 0.29) is 11.8 Å². The second-order valence-electron chi connectivity index (χ2n) is 8.00.